The lowest BCUT2D eigenvalue weighted by Crippen LogP contribution is -2.37. The van der Waals surface area contributed by atoms with Gasteiger partial charge in [0.1, 0.15) is 0 Å². The van der Waals surface area contributed by atoms with Crippen LogP contribution < -0.4 is 5.73 Å². The van der Waals surface area contributed by atoms with Gasteiger partial charge in [-0.1, -0.05) is 13.3 Å². The number of unbranched alkanes of at least 4 members (excludes halogenated alkanes) is 1. The van der Waals surface area contributed by atoms with E-state index in [0.717, 1.165) is 12.6 Å². The zero-order valence-corrected chi connectivity index (χ0v) is 11.0. The fourth-order valence-corrected chi connectivity index (χ4v) is 2.45. The average Bonchev–Trinajstić information content (AvgIpc) is 3.08. The van der Waals surface area contributed by atoms with Gasteiger partial charge in [0.05, 0.1) is 18.1 Å². The van der Waals surface area contributed by atoms with Gasteiger partial charge in [0.15, 0.2) is 0 Å². The van der Waals surface area contributed by atoms with Gasteiger partial charge in [-0.2, -0.15) is 0 Å². The van der Waals surface area contributed by atoms with Crippen LogP contribution in [0.5, 0.6) is 0 Å². The third kappa shape index (κ3) is 2.87. The first-order valence-corrected chi connectivity index (χ1v) is 6.70. The van der Waals surface area contributed by atoms with Crippen LogP contribution in [0.3, 0.4) is 0 Å². The molecule has 1 unspecified atom stereocenters. The zero-order chi connectivity index (χ0) is 12.3. The lowest BCUT2D eigenvalue weighted by Gasteiger charge is -2.31. The molecule has 0 radical (unpaired) electrons. The van der Waals surface area contributed by atoms with Gasteiger partial charge in [-0.3, -0.25) is 4.90 Å². The van der Waals surface area contributed by atoms with Crippen LogP contribution >= 0.6 is 0 Å². The zero-order valence-electron chi connectivity index (χ0n) is 11.0. The normalized spacial score (nSPS) is 17.6. The van der Waals surface area contributed by atoms with Gasteiger partial charge < -0.3 is 10.3 Å². The summed E-state index contributed by atoms with van der Waals surface area (Å²) in [7, 11) is 2.05. The monoisotopic (exact) mass is 236 g/mol. The van der Waals surface area contributed by atoms with E-state index in [9.17, 15) is 0 Å². The van der Waals surface area contributed by atoms with E-state index in [4.69, 9.17) is 5.73 Å². The van der Waals surface area contributed by atoms with E-state index >= 15 is 0 Å². The molecule has 1 aromatic rings. The molecule has 17 heavy (non-hydrogen) atoms. The van der Waals surface area contributed by atoms with Crippen LogP contribution in [0.25, 0.3) is 0 Å². The number of hydrogen-bond donors (Lipinski definition) is 1. The highest BCUT2D eigenvalue weighted by molar-refractivity contribution is 5.08. The van der Waals surface area contributed by atoms with E-state index in [-0.39, 0.29) is 0 Å². The maximum Gasteiger partial charge on any atom is 0.0946 e. The number of nitrogens with two attached hydrogens (primary N) is 1. The molecule has 1 fully saturated rings. The smallest absolute Gasteiger partial charge is 0.0946 e. The van der Waals surface area contributed by atoms with Crippen molar-refractivity contribution in [1.29, 1.82) is 0 Å². The molecule has 96 valence electrons. The topological polar surface area (TPSA) is 47.1 Å². The Bertz CT molecular complexity index is 343. The molecule has 4 heteroatoms. The van der Waals surface area contributed by atoms with Crippen LogP contribution in [0.1, 0.15) is 44.3 Å². The molecule has 0 aliphatic heterocycles. The maximum atomic E-state index is 5.99. The minimum Gasteiger partial charge on any atom is -0.336 e. The SMILES string of the molecule is CCCCN(C1CC1)C(CN)c1cncn1C. The first kappa shape index (κ1) is 12.6. The number of rotatable bonds is 7. The van der Waals surface area contributed by atoms with Crippen LogP contribution in [0.2, 0.25) is 0 Å². The summed E-state index contributed by atoms with van der Waals surface area (Å²) in [6.07, 6.45) is 8.98. The Hall–Kier alpha value is -0.870. The second-order valence-corrected chi connectivity index (χ2v) is 5.00. The molecule has 0 spiro atoms. The molecule has 1 aliphatic carbocycles. The first-order chi connectivity index (χ1) is 8.27. The van der Waals surface area contributed by atoms with E-state index in [1.54, 1.807) is 0 Å². The second-order valence-electron chi connectivity index (χ2n) is 5.00. The van der Waals surface area contributed by atoms with Crippen LogP contribution in [0.4, 0.5) is 0 Å². The van der Waals surface area contributed by atoms with Crippen LogP contribution in [-0.2, 0) is 7.05 Å². The molecule has 4 nitrogen and oxygen atoms in total. The van der Waals surface area contributed by atoms with Crippen molar-refractivity contribution in [2.45, 2.75) is 44.7 Å². The molecule has 1 aliphatic rings. The highest BCUT2D eigenvalue weighted by Gasteiger charge is 2.34. The maximum absolute atomic E-state index is 5.99. The number of nitrogens with zero attached hydrogens (tertiary/aromatic N) is 3. The molecule has 0 amide bonds. The molecular formula is C13H24N4. The summed E-state index contributed by atoms with van der Waals surface area (Å²) in [5, 5.41) is 0. The summed E-state index contributed by atoms with van der Waals surface area (Å²) in [6, 6.07) is 1.09. The van der Waals surface area contributed by atoms with Crippen LogP contribution in [-0.4, -0.2) is 33.6 Å². The Labute approximate surface area is 104 Å². The van der Waals surface area contributed by atoms with E-state index in [2.05, 4.69) is 28.4 Å². The minimum atomic E-state index is 0.335. The molecular weight excluding hydrogens is 212 g/mol. The van der Waals surface area contributed by atoms with E-state index in [0.29, 0.717) is 12.6 Å². The molecule has 0 bridgehead atoms. The second kappa shape index (κ2) is 5.65. The van der Waals surface area contributed by atoms with Crippen LogP contribution in [0, 0.1) is 0 Å². The van der Waals surface area contributed by atoms with E-state index in [1.807, 2.05) is 12.5 Å². The Balaban J connectivity index is 2.11. The van der Waals surface area contributed by atoms with Crippen molar-refractivity contribution in [2.24, 2.45) is 12.8 Å². The number of aryl methyl sites for hydroxylation is 1. The highest BCUT2D eigenvalue weighted by atomic mass is 15.2. The summed E-state index contributed by atoms with van der Waals surface area (Å²) in [4.78, 5) is 6.80. The van der Waals surface area contributed by atoms with Gasteiger partial charge in [0.2, 0.25) is 0 Å². The molecule has 1 saturated carbocycles. The molecule has 2 N–H and O–H groups in total. The van der Waals surface area contributed by atoms with E-state index < -0.39 is 0 Å². The van der Waals surface area contributed by atoms with Gasteiger partial charge in [0, 0.05) is 25.8 Å². The fraction of sp³-hybridized carbons (Fsp3) is 0.769. The predicted octanol–water partition coefficient (Wildman–Crippen LogP) is 1.68. The Morgan fingerprint density at radius 3 is 2.82 bits per heavy atom. The fourth-order valence-electron chi connectivity index (χ4n) is 2.45. The van der Waals surface area contributed by atoms with Gasteiger partial charge >= 0.3 is 0 Å². The van der Waals surface area contributed by atoms with Gasteiger partial charge in [0.25, 0.3) is 0 Å². The molecule has 1 atom stereocenters. The summed E-state index contributed by atoms with van der Waals surface area (Å²) >= 11 is 0. The third-order valence-corrected chi connectivity index (χ3v) is 3.60. The number of hydrogen-bond acceptors (Lipinski definition) is 3. The summed E-state index contributed by atoms with van der Waals surface area (Å²) in [5.74, 6) is 0. The van der Waals surface area contributed by atoms with Gasteiger partial charge in [-0.05, 0) is 25.8 Å². The molecule has 0 saturated heterocycles. The van der Waals surface area contributed by atoms with Crippen molar-refractivity contribution in [1.82, 2.24) is 14.5 Å². The molecule has 0 aromatic carbocycles. The van der Waals surface area contributed by atoms with Crippen molar-refractivity contribution in [3.05, 3.63) is 18.2 Å². The van der Waals surface area contributed by atoms with E-state index in [1.165, 1.54) is 31.4 Å². The molecule has 2 rings (SSSR count). The number of imidazole rings is 1. The Kier molecular flexibility index (Phi) is 4.18. The summed E-state index contributed by atoms with van der Waals surface area (Å²) in [6.45, 7) is 4.08. The highest BCUT2D eigenvalue weighted by Crippen LogP contribution is 2.34. The number of aromatic nitrogens is 2. The van der Waals surface area contributed by atoms with Crippen molar-refractivity contribution in [2.75, 3.05) is 13.1 Å². The lowest BCUT2D eigenvalue weighted by molar-refractivity contribution is 0.182. The quantitative estimate of drug-likeness (QED) is 0.783. The van der Waals surface area contributed by atoms with Gasteiger partial charge in [-0.15, -0.1) is 0 Å². The standard InChI is InChI=1S/C13H24N4/c1-3-4-7-17(11-5-6-11)12(8-14)13-9-15-10-16(13)2/h9-12H,3-8,14H2,1-2H3. The van der Waals surface area contributed by atoms with Crippen LogP contribution in [0.15, 0.2) is 12.5 Å². The largest absolute Gasteiger partial charge is 0.336 e. The average molecular weight is 236 g/mol. The van der Waals surface area contributed by atoms with Gasteiger partial charge in [-0.25, -0.2) is 4.98 Å². The first-order valence-electron chi connectivity index (χ1n) is 6.70. The molecule has 1 heterocycles. The van der Waals surface area contributed by atoms with Crippen molar-refractivity contribution in [3.63, 3.8) is 0 Å². The van der Waals surface area contributed by atoms with Crippen molar-refractivity contribution in [3.8, 4) is 0 Å². The van der Waals surface area contributed by atoms with Crippen molar-refractivity contribution < 1.29 is 0 Å². The summed E-state index contributed by atoms with van der Waals surface area (Å²) in [5.41, 5.74) is 7.23. The molecule has 1 aromatic heterocycles. The van der Waals surface area contributed by atoms with Crippen molar-refractivity contribution >= 4 is 0 Å². The minimum absolute atomic E-state index is 0.335. The Morgan fingerprint density at radius 1 is 1.59 bits per heavy atom. The summed E-state index contributed by atoms with van der Waals surface area (Å²) < 4.78 is 2.10. The predicted molar refractivity (Wildman–Crippen MR) is 69.6 cm³/mol. The third-order valence-electron chi connectivity index (χ3n) is 3.60. The Morgan fingerprint density at radius 2 is 2.35 bits per heavy atom. The lowest BCUT2D eigenvalue weighted by atomic mass is 10.1.